The molecule has 338 valence electrons. The van der Waals surface area contributed by atoms with Crippen LogP contribution in [-0.2, 0) is 0 Å². The van der Waals surface area contributed by atoms with Gasteiger partial charge in [-0.1, -0.05) is 192 Å². The van der Waals surface area contributed by atoms with E-state index >= 15 is 0 Å². The molecule has 7 heteroatoms. The monoisotopic (exact) mass is 913 g/mol. The topological polar surface area (TPSA) is 82.3 Å². The largest absolute Gasteiger partial charge is 0.308 e. The van der Waals surface area contributed by atoms with Crippen LogP contribution in [0.15, 0.2) is 212 Å². The van der Waals surface area contributed by atoms with Gasteiger partial charge in [-0.2, -0.15) is 0 Å². The Morgan fingerprint density at radius 2 is 0.577 bits per heavy atom. The van der Waals surface area contributed by atoms with Crippen molar-refractivity contribution < 1.29 is 0 Å². The van der Waals surface area contributed by atoms with Crippen LogP contribution in [0.5, 0.6) is 0 Å². The Morgan fingerprint density at radius 1 is 0.254 bits per heavy atom. The Kier molecular flexibility index (Phi) is 10.9. The highest BCUT2D eigenvalue weighted by atomic mass is 15.1. The van der Waals surface area contributed by atoms with Gasteiger partial charge in [0.05, 0.1) is 16.7 Å². The van der Waals surface area contributed by atoms with Gasteiger partial charge >= 0.3 is 0 Å². The molecule has 12 rings (SSSR count). The predicted octanol–water partition coefficient (Wildman–Crippen LogP) is 15.7. The maximum atomic E-state index is 5.35. The van der Waals surface area contributed by atoms with E-state index in [0.29, 0.717) is 34.9 Å². The first-order chi connectivity index (χ1) is 34.8. The highest BCUT2D eigenvalue weighted by Crippen LogP contribution is 2.41. The minimum atomic E-state index is 0.517. The van der Waals surface area contributed by atoms with Crippen molar-refractivity contribution in [2.24, 2.45) is 0 Å². The Labute approximate surface area is 413 Å². The normalized spacial score (nSPS) is 11.4. The Balaban J connectivity index is 1.15. The van der Waals surface area contributed by atoms with Crippen molar-refractivity contribution in [3.8, 4) is 96.3 Å². The molecule has 0 saturated carbocycles. The summed E-state index contributed by atoms with van der Waals surface area (Å²) in [6, 6.07) is 74.1. The van der Waals surface area contributed by atoms with Crippen LogP contribution in [-0.4, -0.2) is 34.5 Å². The maximum absolute atomic E-state index is 5.35. The number of nitrogens with zero attached hydrogens (tertiary/aromatic N) is 7. The second-order valence-corrected chi connectivity index (χ2v) is 18.4. The van der Waals surface area contributed by atoms with E-state index in [1.54, 1.807) is 0 Å². The molecule has 3 aromatic heterocycles. The third kappa shape index (κ3) is 8.44. The lowest BCUT2D eigenvalue weighted by Crippen LogP contribution is -2.05. The fourth-order valence-corrected chi connectivity index (χ4v) is 9.84. The molecule has 7 nitrogen and oxygen atoms in total. The van der Waals surface area contributed by atoms with Crippen LogP contribution in [0.1, 0.15) is 22.3 Å². The number of hydrogen-bond acceptors (Lipinski definition) is 6. The van der Waals surface area contributed by atoms with Crippen LogP contribution in [0.3, 0.4) is 0 Å². The fourth-order valence-electron chi connectivity index (χ4n) is 9.84. The lowest BCUT2D eigenvalue weighted by molar-refractivity contribution is 1.06. The summed E-state index contributed by atoms with van der Waals surface area (Å²) in [5.74, 6) is 3.36. The molecule has 0 amide bonds. The van der Waals surface area contributed by atoms with Gasteiger partial charge in [0.2, 0.25) is 0 Å². The molecule has 0 unspecified atom stereocenters. The molecule has 12 aromatic rings. The molecule has 0 spiro atoms. The first-order valence-electron chi connectivity index (χ1n) is 23.9. The molecule has 0 aliphatic rings. The van der Waals surface area contributed by atoms with Crippen LogP contribution in [0.2, 0.25) is 0 Å². The number of hydrogen-bond donors (Lipinski definition) is 0. The Bertz CT molecular complexity index is 3700. The van der Waals surface area contributed by atoms with Crippen LogP contribution >= 0.6 is 0 Å². The molecule has 71 heavy (non-hydrogen) atoms. The SMILES string of the molecule is Cc1cc(C)cc(-c2ccc3c(c2)c2cc(-c4cc(C)cc(C)c4)ccc2n3-c2ccc(-c3nc(-c4ccccc4)nc(-c4ccccc4)n3)cc2-c2nc(-c3ccccc3)nc(-c3ccccc3)n2)c1. The zero-order valence-corrected chi connectivity index (χ0v) is 39.8. The van der Waals surface area contributed by atoms with E-state index in [4.69, 9.17) is 29.9 Å². The first kappa shape index (κ1) is 43.1. The van der Waals surface area contributed by atoms with E-state index in [1.807, 2.05) is 121 Å². The summed E-state index contributed by atoms with van der Waals surface area (Å²) in [6.45, 7) is 8.66. The molecule has 3 heterocycles. The van der Waals surface area contributed by atoms with Crippen molar-refractivity contribution >= 4 is 21.8 Å². The van der Waals surface area contributed by atoms with Crippen molar-refractivity contribution in [3.63, 3.8) is 0 Å². The summed E-state index contributed by atoms with van der Waals surface area (Å²) in [7, 11) is 0. The molecule has 0 radical (unpaired) electrons. The number of aryl methyl sites for hydroxylation is 4. The summed E-state index contributed by atoms with van der Waals surface area (Å²) >= 11 is 0. The van der Waals surface area contributed by atoms with E-state index in [0.717, 1.165) is 72.0 Å². The summed E-state index contributed by atoms with van der Waals surface area (Å²) in [5, 5.41) is 2.28. The Hall–Kier alpha value is -9.20. The van der Waals surface area contributed by atoms with E-state index in [1.165, 1.54) is 33.4 Å². The summed E-state index contributed by atoms with van der Waals surface area (Å²) < 4.78 is 2.37. The van der Waals surface area contributed by atoms with Gasteiger partial charge in [0.25, 0.3) is 0 Å². The number of rotatable bonds is 9. The van der Waals surface area contributed by atoms with Crippen LogP contribution < -0.4 is 0 Å². The molecule has 0 aliphatic heterocycles. The second-order valence-electron chi connectivity index (χ2n) is 18.4. The number of fused-ring (bicyclic) bond motifs is 3. The standard InChI is InChI=1S/C64H47N7/c1-40-31-41(2)34-51(33-40)48-25-28-56-53(37-48)54-38-49(52-35-42(3)32-43(4)36-52)26-29-57(54)71(56)58-30-27-50(63-67-59(44-17-9-5-10-18-44)65-60(68-63)45-19-11-6-12-20-45)39-55(58)64-69-61(46-21-13-7-14-22-46)66-62(70-64)47-23-15-8-16-24-47/h5-39H,1-4H3. The van der Waals surface area contributed by atoms with E-state index < -0.39 is 0 Å². The average molecular weight is 914 g/mol. The van der Waals surface area contributed by atoms with Crippen LogP contribution in [0.25, 0.3) is 118 Å². The average Bonchev–Trinajstić information content (AvgIpc) is 3.73. The lowest BCUT2D eigenvalue weighted by atomic mass is 9.97. The highest BCUT2D eigenvalue weighted by Gasteiger charge is 2.23. The predicted molar refractivity (Wildman–Crippen MR) is 290 cm³/mol. The van der Waals surface area contributed by atoms with Crippen LogP contribution in [0.4, 0.5) is 0 Å². The molecular formula is C64H47N7. The van der Waals surface area contributed by atoms with Crippen LogP contribution in [0, 0.1) is 27.7 Å². The van der Waals surface area contributed by atoms with Crippen molar-refractivity contribution in [1.29, 1.82) is 0 Å². The molecule has 0 fully saturated rings. The van der Waals surface area contributed by atoms with E-state index in [2.05, 4.69) is 123 Å². The smallest absolute Gasteiger partial charge is 0.166 e. The summed E-state index contributed by atoms with van der Waals surface area (Å²) in [5.41, 5.74) is 17.8. The van der Waals surface area contributed by atoms with Gasteiger partial charge in [-0.25, -0.2) is 29.9 Å². The minimum Gasteiger partial charge on any atom is -0.308 e. The van der Waals surface area contributed by atoms with Gasteiger partial charge in [-0.05, 0) is 92.4 Å². The van der Waals surface area contributed by atoms with Gasteiger partial charge in [-0.15, -0.1) is 0 Å². The zero-order valence-electron chi connectivity index (χ0n) is 39.8. The van der Waals surface area contributed by atoms with Gasteiger partial charge in [0, 0.05) is 44.2 Å². The second kappa shape index (κ2) is 18.0. The number of benzene rings is 9. The minimum absolute atomic E-state index is 0.517. The van der Waals surface area contributed by atoms with Crippen molar-refractivity contribution in [1.82, 2.24) is 34.5 Å². The fraction of sp³-hybridized carbons (Fsp3) is 0.0625. The molecule has 0 N–H and O–H groups in total. The third-order valence-corrected chi connectivity index (χ3v) is 13.0. The van der Waals surface area contributed by atoms with Crippen molar-refractivity contribution in [2.75, 3.05) is 0 Å². The van der Waals surface area contributed by atoms with Crippen molar-refractivity contribution in [3.05, 3.63) is 235 Å². The highest BCUT2D eigenvalue weighted by molar-refractivity contribution is 6.12. The molecule has 0 saturated heterocycles. The summed E-state index contributed by atoms with van der Waals surface area (Å²) in [4.78, 5) is 31.2. The molecular weight excluding hydrogens is 867 g/mol. The first-order valence-corrected chi connectivity index (χ1v) is 23.9. The molecule has 0 bridgehead atoms. The van der Waals surface area contributed by atoms with Gasteiger partial charge in [-0.3, -0.25) is 0 Å². The summed E-state index contributed by atoms with van der Waals surface area (Å²) in [6.07, 6.45) is 0. The quantitative estimate of drug-likeness (QED) is 0.143. The Morgan fingerprint density at radius 3 is 0.944 bits per heavy atom. The zero-order chi connectivity index (χ0) is 48.0. The molecule has 9 aromatic carbocycles. The van der Waals surface area contributed by atoms with Gasteiger partial charge < -0.3 is 4.57 Å². The molecule has 0 atom stereocenters. The lowest BCUT2D eigenvalue weighted by Gasteiger charge is -2.16. The van der Waals surface area contributed by atoms with Crippen molar-refractivity contribution in [2.45, 2.75) is 27.7 Å². The van der Waals surface area contributed by atoms with Gasteiger partial charge in [0.1, 0.15) is 0 Å². The van der Waals surface area contributed by atoms with E-state index in [-0.39, 0.29) is 0 Å². The molecule has 0 aliphatic carbocycles. The van der Waals surface area contributed by atoms with Gasteiger partial charge in [0.15, 0.2) is 34.9 Å². The van der Waals surface area contributed by atoms with E-state index in [9.17, 15) is 0 Å². The third-order valence-electron chi connectivity index (χ3n) is 13.0. The maximum Gasteiger partial charge on any atom is 0.166 e. The number of aromatic nitrogens is 7.